The van der Waals surface area contributed by atoms with Crippen molar-refractivity contribution >= 4 is 11.3 Å². The van der Waals surface area contributed by atoms with Crippen LogP contribution in [-0.4, -0.2) is 52.5 Å². The number of aryl methyl sites for hydroxylation is 1. The summed E-state index contributed by atoms with van der Waals surface area (Å²) in [6, 6.07) is 17.2. The van der Waals surface area contributed by atoms with Crippen LogP contribution in [-0.2, 0) is 10.2 Å². The maximum absolute atomic E-state index is 13.3. The van der Waals surface area contributed by atoms with E-state index in [1.807, 2.05) is 59.8 Å². The van der Waals surface area contributed by atoms with Gasteiger partial charge in [-0.1, -0.05) is 98.7 Å². The third-order valence-corrected chi connectivity index (χ3v) is 8.93. The molecule has 1 fully saturated rings. The predicted molar refractivity (Wildman–Crippen MR) is 201 cm³/mol. The van der Waals surface area contributed by atoms with Crippen LogP contribution in [0.15, 0.2) is 67.3 Å². The molecule has 5 nitrogen and oxygen atoms in total. The van der Waals surface area contributed by atoms with Gasteiger partial charge in [0, 0.05) is 35.1 Å². The molecule has 1 aromatic heterocycles. The molecular weight excluding hydrogens is 612 g/mol. The first kappa shape index (κ1) is 46.7. The van der Waals surface area contributed by atoms with Crippen LogP contribution in [0, 0.1) is 12.7 Å². The predicted octanol–water partition coefficient (Wildman–Crippen LogP) is 10.2. The van der Waals surface area contributed by atoms with Gasteiger partial charge in [0.05, 0.1) is 31.0 Å². The van der Waals surface area contributed by atoms with E-state index < -0.39 is 6.10 Å². The Morgan fingerprint density at radius 2 is 1.51 bits per heavy atom. The van der Waals surface area contributed by atoms with Gasteiger partial charge < -0.3 is 25.2 Å². The number of ether oxygens (including phenoxy) is 1. The molecule has 47 heavy (non-hydrogen) atoms. The lowest BCUT2D eigenvalue weighted by atomic mass is 9.79. The van der Waals surface area contributed by atoms with E-state index in [1.165, 1.54) is 28.1 Å². The molecule has 0 radical (unpaired) electrons. The van der Waals surface area contributed by atoms with E-state index in [-0.39, 0.29) is 36.2 Å². The van der Waals surface area contributed by atoms with Crippen molar-refractivity contribution < 1.29 is 29.6 Å². The number of hydrogen-bond donors (Lipinski definition) is 4. The second-order valence-electron chi connectivity index (χ2n) is 11.1. The minimum atomic E-state index is -0.468. The Morgan fingerprint density at radius 3 is 1.98 bits per heavy atom. The third-order valence-electron chi connectivity index (χ3n) is 7.47. The summed E-state index contributed by atoms with van der Waals surface area (Å²) in [5, 5.41) is 35.4. The molecule has 0 amide bonds. The first-order valence-electron chi connectivity index (χ1n) is 17.2. The first-order valence-corrected chi connectivity index (χ1v) is 18.0. The summed E-state index contributed by atoms with van der Waals surface area (Å²) in [5.41, 5.74) is 4.22. The molecule has 4 N–H and O–H groups in total. The fraction of sp³-hybridized carbons (Fsp3) is 0.550. The van der Waals surface area contributed by atoms with E-state index in [1.54, 1.807) is 11.3 Å². The minimum Gasteiger partial charge on any atom is -0.400 e. The molecule has 0 spiro atoms. The van der Waals surface area contributed by atoms with Crippen LogP contribution in [0.4, 0.5) is 4.39 Å². The highest BCUT2D eigenvalue weighted by Gasteiger charge is 2.32. The normalized spacial score (nSPS) is 16.7. The number of hydrogen-bond acceptors (Lipinski definition) is 6. The Morgan fingerprint density at radius 1 is 0.957 bits per heavy atom. The monoisotopic (exact) mass is 676 g/mol. The van der Waals surface area contributed by atoms with Gasteiger partial charge in [-0.3, -0.25) is 0 Å². The van der Waals surface area contributed by atoms with E-state index in [4.69, 9.17) is 14.9 Å². The largest absolute Gasteiger partial charge is 0.400 e. The summed E-state index contributed by atoms with van der Waals surface area (Å²) in [6.45, 7) is 24.0. The van der Waals surface area contributed by atoms with Gasteiger partial charge in [-0.05, 0) is 72.7 Å². The summed E-state index contributed by atoms with van der Waals surface area (Å²) in [7, 11) is 1.00. The number of benzene rings is 2. The molecular formula is C40H65FO5S. The summed E-state index contributed by atoms with van der Waals surface area (Å²) < 4.78 is 19.3. The smallest absolute Gasteiger partial charge is 0.123 e. The standard InChI is InChI=1S/C26H29FO3S.C5H12O.C4H8.2C2H6.CH4O/c1-16-4-5-18(23-14-20(29)13-21(15-28)30-23)12-22(16)26(2,3)25-11-10-24(31-25)17-6-8-19(27)9-7-17;1-3-5(6)4-2;1-3-4-2;3*1-2/h4-12,20-21,23,28-29H,13-15H2,1-3H3;5-6H,3-4H2,1-2H3;3H,1,4H2,2H3;2*1-2H3;2H,1H3/t20?,21?,23-;;;;;/m1...../s1. The van der Waals surface area contributed by atoms with Gasteiger partial charge in [0.2, 0.25) is 0 Å². The Hall–Kier alpha value is -2.39. The minimum absolute atomic E-state index is 0.0648. The molecule has 7 heteroatoms. The van der Waals surface area contributed by atoms with Crippen LogP contribution < -0.4 is 0 Å². The topological polar surface area (TPSA) is 90.2 Å². The van der Waals surface area contributed by atoms with Crippen molar-refractivity contribution in [3.05, 3.63) is 94.6 Å². The Kier molecular flexibility index (Phi) is 26.4. The number of rotatable bonds is 8. The van der Waals surface area contributed by atoms with Crippen molar-refractivity contribution in [1.29, 1.82) is 0 Å². The lowest BCUT2D eigenvalue weighted by Crippen LogP contribution is -2.33. The fourth-order valence-corrected chi connectivity index (χ4v) is 5.83. The highest BCUT2D eigenvalue weighted by atomic mass is 32.1. The zero-order chi connectivity index (χ0) is 36.6. The van der Waals surface area contributed by atoms with Crippen molar-refractivity contribution in [2.45, 2.75) is 131 Å². The van der Waals surface area contributed by atoms with E-state index in [0.717, 1.165) is 42.4 Å². The number of aliphatic hydroxyl groups excluding tert-OH is 4. The molecule has 1 aliphatic rings. The zero-order valence-corrected chi connectivity index (χ0v) is 31.8. The van der Waals surface area contributed by atoms with Gasteiger partial charge in [-0.15, -0.1) is 17.9 Å². The zero-order valence-electron chi connectivity index (χ0n) is 31.0. The van der Waals surface area contributed by atoms with Gasteiger partial charge in [0.25, 0.3) is 0 Å². The Bertz CT molecular complexity index is 1190. The van der Waals surface area contributed by atoms with Gasteiger partial charge in [0.15, 0.2) is 0 Å². The molecule has 2 unspecified atom stereocenters. The Balaban J connectivity index is 0. The molecule has 1 aliphatic heterocycles. The van der Waals surface area contributed by atoms with E-state index in [0.29, 0.717) is 12.8 Å². The highest BCUT2D eigenvalue weighted by molar-refractivity contribution is 7.15. The molecule has 4 rings (SSSR count). The molecule has 3 aromatic rings. The fourth-order valence-electron chi connectivity index (χ4n) is 4.70. The average Bonchev–Trinajstić information content (AvgIpc) is 3.62. The number of thiophene rings is 1. The van der Waals surface area contributed by atoms with E-state index in [2.05, 4.69) is 64.6 Å². The molecule has 2 heterocycles. The van der Waals surface area contributed by atoms with Crippen LogP contribution in [0.25, 0.3) is 10.4 Å². The van der Waals surface area contributed by atoms with Crippen molar-refractivity contribution in [1.82, 2.24) is 0 Å². The van der Waals surface area contributed by atoms with Crippen LogP contribution in [0.2, 0.25) is 0 Å². The number of allylic oxidation sites excluding steroid dienone is 1. The molecule has 0 bridgehead atoms. The second-order valence-corrected chi connectivity index (χ2v) is 12.2. The molecule has 0 saturated carbocycles. The number of halogens is 1. The summed E-state index contributed by atoms with van der Waals surface area (Å²) in [4.78, 5) is 2.34. The first-order chi connectivity index (χ1) is 22.5. The molecule has 3 atom stereocenters. The van der Waals surface area contributed by atoms with Crippen molar-refractivity contribution in [3.8, 4) is 10.4 Å². The van der Waals surface area contributed by atoms with Crippen LogP contribution >= 0.6 is 11.3 Å². The maximum Gasteiger partial charge on any atom is 0.123 e. The van der Waals surface area contributed by atoms with Gasteiger partial charge >= 0.3 is 0 Å². The van der Waals surface area contributed by atoms with Gasteiger partial charge in [-0.2, -0.15) is 0 Å². The van der Waals surface area contributed by atoms with Crippen LogP contribution in [0.1, 0.15) is 122 Å². The average molecular weight is 677 g/mol. The van der Waals surface area contributed by atoms with Gasteiger partial charge in [-0.25, -0.2) is 4.39 Å². The summed E-state index contributed by atoms with van der Waals surface area (Å²) >= 11 is 1.72. The molecule has 0 aliphatic carbocycles. The van der Waals surface area contributed by atoms with Crippen LogP contribution in [0.3, 0.4) is 0 Å². The molecule has 2 aromatic carbocycles. The second kappa shape index (κ2) is 26.6. The van der Waals surface area contributed by atoms with Crippen LogP contribution in [0.5, 0.6) is 0 Å². The summed E-state index contributed by atoms with van der Waals surface area (Å²) in [5.74, 6) is -0.230. The maximum atomic E-state index is 13.3. The van der Waals surface area contributed by atoms with Crippen molar-refractivity contribution in [2.75, 3.05) is 13.7 Å². The lowest BCUT2D eigenvalue weighted by molar-refractivity contribution is -0.113. The van der Waals surface area contributed by atoms with Gasteiger partial charge in [0.1, 0.15) is 5.82 Å². The van der Waals surface area contributed by atoms with E-state index >= 15 is 0 Å². The highest BCUT2D eigenvalue weighted by Crippen LogP contribution is 2.42. The Labute approximate surface area is 290 Å². The molecule has 1 saturated heterocycles. The van der Waals surface area contributed by atoms with Crippen molar-refractivity contribution in [3.63, 3.8) is 0 Å². The van der Waals surface area contributed by atoms with Crippen molar-refractivity contribution in [2.24, 2.45) is 0 Å². The SMILES string of the molecule is C=CCC.CC.CC.CCC(O)CC.CO.Cc1ccc([C@H]2CC(O)CC(CO)O2)cc1C(C)(C)c1ccc(-c2ccc(F)cc2)s1. The quantitative estimate of drug-likeness (QED) is 0.178. The van der Waals surface area contributed by atoms with E-state index in [9.17, 15) is 14.6 Å². The summed E-state index contributed by atoms with van der Waals surface area (Å²) in [6.07, 6.45) is 4.64. The lowest BCUT2D eigenvalue weighted by Gasteiger charge is -2.34. The number of aliphatic hydroxyl groups is 4. The third kappa shape index (κ3) is 16.0. The molecule has 268 valence electrons.